The first kappa shape index (κ1) is 17.0. The summed E-state index contributed by atoms with van der Waals surface area (Å²) in [4.78, 5) is 2.57. The summed E-state index contributed by atoms with van der Waals surface area (Å²) in [5.41, 5.74) is 2.62. The molecule has 0 amide bonds. The highest BCUT2D eigenvalue weighted by Crippen LogP contribution is 2.47. The molecule has 2 aromatic carbocycles. The molecule has 3 atom stereocenters. The Hall–Kier alpha value is -2.17. The molecule has 1 saturated heterocycles. The van der Waals surface area contributed by atoms with Crippen LogP contribution in [0.1, 0.15) is 43.4 Å². The van der Waals surface area contributed by atoms with Crippen LogP contribution in [0.5, 0.6) is 0 Å². The summed E-state index contributed by atoms with van der Waals surface area (Å²) in [5.74, 6) is 0.299. The smallest absolute Gasteiger partial charge is 0.0951 e. The van der Waals surface area contributed by atoms with Gasteiger partial charge in [-0.1, -0.05) is 61.4 Å². The van der Waals surface area contributed by atoms with E-state index in [0.29, 0.717) is 12.0 Å². The third-order valence-electron chi connectivity index (χ3n) is 6.77. The van der Waals surface area contributed by atoms with E-state index in [4.69, 9.17) is 0 Å². The molecule has 1 saturated carbocycles. The fraction of sp³-hybridized carbons (Fsp3) is 0.435. The number of H-pyrrole nitrogens is 1. The standard InChI is InChI=1S/C23H27N3O/c27-23(17-8-2-1-3-9-17)14-15-26(22-13-7-5-11-19(22)23)16-21-18-10-4-6-12-20(18)24-25-21/h1-4,6,8-10,12,19,22,27H,5,7,11,13-16H2,(H,24,25)/t19-,22+,23-/m0/s1. The maximum Gasteiger partial charge on any atom is 0.0951 e. The van der Waals surface area contributed by atoms with E-state index in [1.54, 1.807) is 0 Å². The number of benzene rings is 2. The second-order valence-electron chi connectivity index (χ2n) is 8.18. The van der Waals surface area contributed by atoms with Gasteiger partial charge in [-0.05, 0) is 30.9 Å². The lowest BCUT2D eigenvalue weighted by molar-refractivity contribution is -0.123. The Morgan fingerprint density at radius 3 is 2.70 bits per heavy atom. The molecule has 1 aliphatic heterocycles. The molecule has 0 unspecified atom stereocenters. The van der Waals surface area contributed by atoms with Crippen molar-refractivity contribution in [2.75, 3.05) is 6.54 Å². The summed E-state index contributed by atoms with van der Waals surface area (Å²) in [7, 11) is 0. The number of hydrogen-bond acceptors (Lipinski definition) is 3. The molecule has 3 aromatic rings. The van der Waals surface area contributed by atoms with Crippen LogP contribution in [0.4, 0.5) is 0 Å². The minimum atomic E-state index is -0.698. The highest BCUT2D eigenvalue weighted by Gasteiger charge is 2.49. The molecule has 0 bridgehead atoms. The minimum Gasteiger partial charge on any atom is -0.385 e. The zero-order valence-electron chi connectivity index (χ0n) is 15.6. The number of nitrogens with zero attached hydrogens (tertiary/aromatic N) is 2. The van der Waals surface area contributed by atoms with Crippen LogP contribution in [-0.4, -0.2) is 32.8 Å². The Kier molecular flexibility index (Phi) is 4.25. The van der Waals surface area contributed by atoms with E-state index in [2.05, 4.69) is 45.4 Å². The molecule has 1 aliphatic carbocycles. The van der Waals surface area contributed by atoms with E-state index in [9.17, 15) is 5.11 Å². The molecular weight excluding hydrogens is 334 g/mol. The average Bonchev–Trinajstić information content (AvgIpc) is 3.14. The molecule has 2 N–H and O–H groups in total. The minimum absolute atomic E-state index is 0.299. The van der Waals surface area contributed by atoms with Gasteiger partial charge in [-0.2, -0.15) is 5.10 Å². The monoisotopic (exact) mass is 361 g/mol. The Bertz CT molecular complexity index is 922. The Labute approximate surface area is 160 Å². The number of para-hydroxylation sites is 1. The van der Waals surface area contributed by atoms with E-state index in [1.807, 2.05) is 24.3 Å². The van der Waals surface area contributed by atoms with Gasteiger partial charge in [0.05, 0.1) is 16.8 Å². The summed E-state index contributed by atoms with van der Waals surface area (Å²) in [5, 5.41) is 20.7. The third-order valence-corrected chi connectivity index (χ3v) is 6.77. The molecule has 140 valence electrons. The van der Waals surface area contributed by atoms with Crippen LogP contribution in [0.2, 0.25) is 0 Å². The lowest BCUT2D eigenvalue weighted by Crippen LogP contribution is -2.57. The van der Waals surface area contributed by atoms with Crippen LogP contribution in [0.15, 0.2) is 54.6 Å². The van der Waals surface area contributed by atoms with E-state index >= 15 is 0 Å². The SMILES string of the molecule is O[C@]1(c2ccccc2)CCN(Cc2n[nH]c3ccccc23)[C@@H]2CCCC[C@@H]21. The van der Waals surface area contributed by atoms with Gasteiger partial charge in [0, 0.05) is 30.4 Å². The second kappa shape index (κ2) is 6.77. The van der Waals surface area contributed by atoms with E-state index in [1.165, 1.54) is 24.6 Å². The molecule has 2 fully saturated rings. The summed E-state index contributed by atoms with van der Waals surface area (Å²) in [6.07, 6.45) is 5.54. The van der Waals surface area contributed by atoms with Crippen molar-refractivity contribution in [2.24, 2.45) is 5.92 Å². The van der Waals surface area contributed by atoms with Gasteiger partial charge in [-0.25, -0.2) is 0 Å². The van der Waals surface area contributed by atoms with Crippen LogP contribution >= 0.6 is 0 Å². The predicted molar refractivity (Wildman–Crippen MR) is 107 cm³/mol. The van der Waals surface area contributed by atoms with E-state index in [0.717, 1.165) is 42.7 Å². The third kappa shape index (κ3) is 2.88. The van der Waals surface area contributed by atoms with Crippen molar-refractivity contribution in [3.05, 3.63) is 65.9 Å². The maximum absolute atomic E-state index is 11.7. The normalized spacial score (nSPS) is 28.9. The Balaban J connectivity index is 1.45. The van der Waals surface area contributed by atoms with Crippen LogP contribution in [0.3, 0.4) is 0 Å². The van der Waals surface area contributed by atoms with E-state index in [-0.39, 0.29) is 0 Å². The fourth-order valence-electron chi connectivity index (χ4n) is 5.39. The number of aromatic amines is 1. The van der Waals surface area contributed by atoms with Crippen LogP contribution in [0.25, 0.3) is 10.9 Å². The van der Waals surface area contributed by atoms with Crippen molar-refractivity contribution in [1.29, 1.82) is 0 Å². The summed E-state index contributed by atoms with van der Waals surface area (Å²) in [6, 6.07) is 19.1. The molecule has 4 heteroatoms. The van der Waals surface area contributed by atoms with Gasteiger partial charge < -0.3 is 5.11 Å². The summed E-state index contributed by atoms with van der Waals surface area (Å²) in [6.45, 7) is 1.77. The zero-order valence-corrected chi connectivity index (χ0v) is 15.6. The number of rotatable bonds is 3. The first-order valence-corrected chi connectivity index (χ1v) is 10.2. The van der Waals surface area contributed by atoms with Crippen LogP contribution < -0.4 is 0 Å². The van der Waals surface area contributed by atoms with Gasteiger partial charge in [0.2, 0.25) is 0 Å². The van der Waals surface area contributed by atoms with Crippen molar-refractivity contribution in [1.82, 2.24) is 15.1 Å². The molecular formula is C23H27N3O. The fourth-order valence-corrected chi connectivity index (χ4v) is 5.39. The summed E-state index contributed by atoms with van der Waals surface area (Å²) >= 11 is 0. The number of fused-ring (bicyclic) bond motifs is 2. The van der Waals surface area contributed by atoms with Gasteiger partial charge in [0.1, 0.15) is 0 Å². The number of hydrogen-bond donors (Lipinski definition) is 2. The first-order chi connectivity index (χ1) is 13.3. The van der Waals surface area contributed by atoms with Crippen molar-refractivity contribution in [3.63, 3.8) is 0 Å². The highest BCUT2D eigenvalue weighted by atomic mass is 16.3. The number of likely N-dealkylation sites (tertiary alicyclic amines) is 1. The molecule has 1 aromatic heterocycles. The molecule has 5 rings (SSSR count). The number of nitrogens with one attached hydrogen (secondary N) is 1. The quantitative estimate of drug-likeness (QED) is 0.734. The van der Waals surface area contributed by atoms with Crippen LogP contribution in [-0.2, 0) is 12.1 Å². The topological polar surface area (TPSA) is 52.1 Å². The van der Waals surface area contributed by atoms with Crippen molar-refractivity contribution in [3.8, 4) is 0 Å². The average molecular weight is 361 g/mol. The molecule has 0 radical (unpaired) electrons. The van der Waals surface area contributed by atoms with Crippen LogP contribution in [0, 0.1) is 5.92 Å². The predicted octanol–water partition coefficient (Wildman–Crippen LogP) is 4.22. The number of aromatic nitrogens is 2. The lowest BCUT2D eigenvalue weighted by atomic mass is 9.66. The van der Waals surface area contributed by atoms with Crippen molar-refractivity contribution >= 4 is 10.9 Å². The molecule has 2 heterocycles. The zero-order chi connectivity index (χ0) is 18.3. The van der Waals surface area contributed by atoms with Gasteiger partial charge in [0.15, 0.2) is 0 Å². The van der Waals surface area contributed by atoms with Crippen molar-refractivity contribution in [2.45, 2.75) is 50.3 Å². The molecule has 2 aliphatic rings. The van der Waals surface area contributed by atoms with E-state index < -0.39 is 5.60 Å². The molecule has 0 spiro atoms. The molecule has 4 nitrogen and oxygen atoms in total. The van der Waals surface area contributed by atoms with Gasteiger partial charge in [-0.3, -0.25) is 10.00 Å². The number of aliphatic hydroxyl groups is 1. The Morgan fingerprint density at radius 1 is 1.04 bits per heavy atom. The molecule has 27 heavy (non-hydrogen) atoms. The number of piperidine rings is 1. The Morgan fingerprint density at radius 2 is 1.81 bits per heavy atom. The first-order valence-electron chi connectivity index (χ1n) is 10.2. The highest BCUT2D eigenvalue weighted by molar-refractivity contribution is 5.81. The van der Waals surface area contributed by atoms with Gasteiger partial charge in [0.25, 0.3) is 0 Å². The summed E-state index contributed by atoms with van der Waals surface area (Å²) < 4.78 is 0. The largest absolute Gasteiger partial charge is 0.385 e. The van der Waals surface area contributed by atoms with Gasteiger partial charge >= 0.3 is 0 Å². The van der Waals surface area contributed by atoms with Crippen molar-refractivity contribution < 1.29 is 5.11 Å². The lowest BCUT2D eigenvalue weighted by Gasteiger charge is -2.52. The second-order valence-corrected chi connectivity index (χ2v) is 8.18. The maximum atomic E-state index is 11.7. The van der Waals surface area contributed by atoms with Gasteiger partial charge in [-0.15, -0.1) is 0 Å².